The molecule has 0 saturated carbocycles. The molecule has 8 heteroatoms. The number of imidazole rings is 1. The number of fused-ring (bicyclic) bond motifs is 1. The average Bonchev–Trinajstić information content (AvgIpc) is 3.20. The monoisotopic (exact) mass is 379 g/mol. The minimum Gasteiger partial charge on any atom is -0.337 e. The van der Waals surface area contributed by atoms with E-state index in [1.54, 1.807) is 22.9 Å². The highest BCUT2D eigenvalue weighted by atomic mass is 32.1. The SMILES string of the molecule is O=C(c1cn2cc(-c3cccc(C(F)(F)F)c3)sc2n1)N1CCCCC1. The standard InChI is InChI=1S/C18H16F3N3OS/c19-18(20,21)13-6-4-5-12(9-13)15-11-24-10-14(22-17(24)26-15)16(25)23-7-2-1-3-8-23/h4-6,9-11H,1-3,7-8H2. The molecule has 1 saturated heterocycles. The van der Waals surface area contributed by atoms with Crippen molar-refractivity contribution >= 4 is 22.2 Å². The summed E-state index contributed by atoms with van der Waals surface area (Å²) in [5, 5.41) is 0. The Labute approximate surface area is 151 Å². The predicted molar refractivity (Wildman–Crippen MR) is 93.3 cm³/mol. The second-order valence-corrected chi connectivity index (χ2v) is 7.35. The van der Waals surface area contributed by atoms with Gasteiger partial charge >= 0.3 is 6.18 Å². The normalized spacial score (nSPS) is 15.6. The van der Waals surface area contributed by atoms with Crippen LogP contribution in [0.3, 0.4) is 0 Å². The highest BCUT2D eigenvalue weighted by molar-refractivity contribution is 7.20. The second kappa shape index (κ2) is 6.42. The van der Waals surface area contributed by atoms with E-state index in [1.807, 2.05) is 4.90 Å². The maximum atomic E-state index is 12.9. The van der Waals surface area contributed by atoms with E-state index in [9.17, 15) is 18.0 Å². The van der Waals surface area contributed by atoms with Crippen molar-refractivity contribution in [3.63, 3.8) is 0 Å². The number of piperidine rings is 1. The number of hydrogen-bond donors (Lipinski definition) is 0. The van der Waals surface area contributed by atoms with Crippen molar-refractivity contribution in [1.29, 1.82) is 0 Å². The third-order valence-corrected chi connectivity index (χ3v) is 5.54. The van der Waals surface area contributed by atoms with Gasteiger partial charge in [0.05, 0.1) is 10.4 Å². The molecule has 1 aromatic carbocycles. The number of likely N-dealkylation sites (tertiary alicyclic amines) is 1. The summed E-state index contributed by atoms with van der Waals surface area (Å²) in [5.41, 5.74) is 0.190. The second-order valence-electron chi connectivity index (χ2n) is 6.34. The lowest BCUT2D eigenvalue weighted by Gasteiger charge is -2.25. The molecular formula is C18H16F3N3OS. The highest BCUT2D eigenvalue weighted by Gasteiger charge is 2.30. The van der Waals surface area contributed by atoms with Crippen molar-refractivity contribution in [3.05, 3.63) is 47.9 Å². The number of hydrogen-bond acceptors (Lipinski definition) is 3. The average molecular weight is 379 g/mol. The van der Waals surface area contributed by atoms with E-state index >= 15 is 0 Å². The summed E-state index contributed by atoms with van der Waals surface area (Å²) in [4.78, 5) is 20.0. The van der Waals surface area contributed by atoms with Crippen LogP contribution in [-0.2, 0) is 6.18 Å². The van der Waals surface area contributed by atoms with Crippen molar-refractivity contribution in [2.24, 2.45) is 0 Å². The third kappa shape index (κ3) is 3.21. The fourth-order valence-electron chi connectivity index (χ4n) is 3.14. The van der Waals surface area contributed by atoms with Crippen molar-refractivity contribution in [3.8, 4) is 10.4 Å². The van der Waals surface area contributed by atoms with Crippen LogP contribution in [0.5, 0.6) is 0 Å². The molecule has 3 heterocycles. The number of halogens is 3. The summed E-state index contributed by atoms with van der Waals surface area (Å²) < 4.78 is 40.4. The van der Waals surface area contributed by atoms with Gasteiger partial charge in [0, 0.05) is 25.5 Å². The molecule has 0 unspecified atom stereocenters. The lowest BCUT2D eigenvalue weighted by Crippen LogP contribution is -2.35. The number of carbonyl (C=O) groups is 1. The summed E-state index contributed by atoms with van der Waals surface area (Å²) in [7, 11) is 0. The van der Waals surface area contributed by atoms with Crippen molar-refractivity contribution in [1.82, 2.24) is 14.3 Å². The zero-order chi connectivity index (χ0) is 18.3. The smallest absolute Gasteiger partial charge is 0.337 e. The Balaban J connectivity index is 1.62. The Hall–Kier alpha value is -2.35. The molecule has 0 spiro atoms. The van der Waals surface area contributed by atoms with Gasteiger partial charge < -0.3 is 4.90 Å². The number of thiazole rings is 1. The Bertz CT molecular complexity index is 923. The van der Waals surface area contributed by atoms with Crippen LogP contribution in [0.1, 0.15) is 35.3 Å². The van der Waals surface area contributed by atoms with Crippen LogP contribution in [0.25, 0.3) is 15.4 Å². The number of benzene rings is 1. The lowest BCUT2D eigenvalue weighted by molar-refractivity contribution is -0.137. The number of amides is 1. The molecule has 4 nitrogen and oxygen atoms in total. The Morgan fingerprint density at radius 3 is 2.58 bits per heavy atom. The first kappa shape index (κ1) is 17.1. The van der Waals surface area contributed by atoms with E-state index in [0.717, 1.165) is 44.5 Å². The van der Waals surface area contributed by atoms with Crippen LogP contribution in [0.2, 0.25) is 0 Å². The maximum Gasteiger partial charge on any atom is 0.416 e. The first-order valence-corrected chi connectivity index (χ1v) is 9.19. The number of rotatable bonds is 2. The highest BCUT2D eigenvalue weighted by Crippen LogP contribution is 2.34. The number of nitrogens with zero attached hydrogens (tertiary/aromatic N) is 3. The van der Waals surface area contributed by atoms with Gasteiger partial charge in [0.2, 0.25) is 0 Å². The Morgan fingerprint density at radius 2 is 1.88 bits per heavy atom. The van der Waals surface area contributed by atoms with Crippen LogP contribution in [-0.4, -0.2) is 33.3 Å². The molecule has 136 valence electrons. The van der Waals surface area contributed by atoms with Gasteiger partial charge in [0.15, 0.2) is 4.96 Å². The number of aromatic nitrogens is 2. The molecule has 2 aromatic heterocycles. The fourth-order valence-corrected chi connectivity index (χ4v) is 4.10. The molecule has 26 heavy (non-hydrogen) atoms. The van der Waals surface area contributed by atoms with E-state index in [-0.39, 0.29) is 5.91 Å². The molecule has 3 aromatic rings. The van der Waals surface area contributed by atoms with Crippen LogP contribution in [0, 0.1) is 0 Å². The van der Waals surface area contributed by atoms with Gasteiger partial charge in [-0.1, -0.05) is 23.5 Å². The maximum absolute atomic E-state index is 12.9. The van der Waals surface area contributed by atoms with E-state index in [2.05, 4.69) is 4.98 Å². The largest absolute Gasteiger partial charge is 0.416 e. The summed E-state index contributed by atoms with van der Waals surface area (Å²) in [6, 6.07) is 5.22. The van der Waals surface area contributed by atoms with Gasteiger partial charge in [-0.25, -0.2) is 4.98 Å². The van der Waals surface area contributed by atoms with E-state index in [0.29, 0.717) is 21.1 Å². The van der Waals surface area contributed by atoms with E-state index in [1.165, 1.54) is 17.4 Å². The molecule has 0 aliphatic carbocycles. The van der Waals surface area contributed by atoms with E-state index < -0.39 is 11.7 Å². The molecule has 0 atom stereocenters. The fraction of sp³-hybridized carbons (Fsp3) is 0.333. The van der Waals surface area contributed by atoms with Crippen molar-refractivity contribution in [2.45, 2.75) is 25.4 Å². The number of carbonyl (C=O) groups excluding carboxylic acids is 1. The molecular weight excluding hydrogens is 363 g/mol. The zero-order valence-corrected chi connectivity index (χ0v) is 14.6. The van der Waals surface area contributed by atoms with Gasteiger partial charge in [-0.15, -0.1) is 0 Å². The summed E-state index contributed by atoms with van der Waals surface area (Å²) in [6.07, 6.45) is 2.15. The van der Waals surface area contributed by atoms with Crippen molar-refractivity contribution < 1.29 is 18.0 Å². The van der Waals surface area contributed by atoms with Gasteiger partial charge in [-0.05, 0) is 37.0 Å². The molecule has 1 amide bonds. The zero-order valence-electron chi connectivity index (χ0n) is 13.8. The van der Waals surface area contributed by atoms with Gasteiger partial charge in [0.25, 0.3) is 5.91 Å². The van der Waals surface area contributed by atoms with Gasteiger partial charge in [0.1, 0.15) is 5.69 Å². The first-order valence-electron chi connectivity index (χ1n) is 8.37. The topological polar surface area (TPSA) is 37.6 Å². The molecule has 4 rings (SSSR count). The quantitative estimate of drug-likeness (QED) is 0.647. The molecule has 0 radical (unpaired) electrons. The summed E-state index contributed by atoms with van der Waals surface area (Å²) >= 11 is 1.27. The summed E-state index contributed by atoms with van der Waals surface area (Å²) in [5.74, 6) is -0.0822. The first-order chi connectivity index (χ1) is 12.4. The van der Waals surface area contributed by atoms with Crippen molar-refractivity contribution in [2.75, 3.05) is 13.1 Å². The number of alkyl halides is 3. The molecule has 0 bridgehead atoms. The Kier molecular flexibility index (Phi) is 4.22. The van der Waals surface area contributed by atoms with Gasteiger partial charge in [-0.3, -0.25) is 9.20 Å². The minimum atomic E-state index is -4.37. The lowest BCUT2D eigenvalue weighted by atomic mass is 10.1. The Morgan fingerprint density at radius 1 is 1.12 bits per heavy atom. The van der Waals surface area contributed by atoms with E-state index in [4.69, 9.17) is 0 Å². The molecule has 1 aliphatic heterocycles. The van der Waals surface area contributed by atoms with Crippen LogP contribution in [0.15, 0.2) is 36.7 Å². The minimum absolute atomic E-state index is 0.0822. The third-order valence-electron chi connectivity index (χ3n) is 4.49. The molecule has 1 fully saturated rings. The predicted octanol–water partition coefficient (Wildman–Crippen LogP) is 4.71. The van der Waals surface area contributed by atoms with Crippen LogP contribution in [0.4, 0.5) is 13.2 Å². The summed E-state index contributed by atoms with van der Waals surface area (Å²) in [6.45, 7) is 1.50. The molecule has 1 aliphatic rings. The van der Waals surface area contributed by atoms with Crippen LogP contribution < -0.4 is 0 Å². The van der Waals surface area contributed by atoms with Gasteiger partial charge in [-0.2, -0.15) is 13.2 Å². The van der Waals surface area contributed by atoms with Crippen LogP contribution >= 0.6 is 11.3 Å². The molecule has 0 N–H and O–H groups in total.